The fraction of sp³-hybridized carbons (Fsp3) is 0.364. The molecule has 0 aliphatic rings. The lowest BCUT2D eigenvalue weighted by Crippen LogP contribution is -2.09. The van der Waals surface area contributed by atoms with E-state index in [1.807, 2.05) is 6.92 Å². The van der Waals surface area contributed by atoms with Gasteiger partial charge in [-0.3, -0.25) is 0 Å². The summed E-state index contributed by atoms with van der Waals surface area (Å²) in [5.74, 6) is -2.12. The first-order valence-corrected chi connectivity index (χ1v) is 5.09. The summed E-state index contributed by atoms with van der Waals surface area (Å²) in [6, 6.07) is 2.00. The molecular weight excluding hydrogens is 229 g/mol. The quantitative estimate of drug-likeness (QED) is 0.584. The largest absolute Gasteiger partial charge is 0.489 e. The summed E-state index contributed by atoms with van der Waals surface area (Å²) < 4.78 is 23.5. The number of halogens is 1. The van der Waals surface area contributed by atoms with Crippen LogP contribution in [0.1, 0.15) is 17.3 Å². The highest BCUT2D eigenvalue weighted by Gasteiger charge is 2.14. The van der Waals surface area contributed by atoms with Gasteiger partial charge < -0.3 is 20.3 Å². The fourth-order valence-electron chi connectivity index (χ4n) is 1.22. The highest BCUT2D eigenvalue weighted by atomic mass is 19.1. The summed E-state index contributed by atoms with van der Waals surface area (Å²) in [5.41, 5.74) is 5.16. The summed E-state index contributed by atoms with van der Waals surface area (Å²) in [6.07, 6.45) is 0. The highest BCUT2D eigenvalue weighted by molar-refractivity contribution is 5.89. The molecule has 0 aliphatic heterocycles. The molecule has 0 spiro atoms. The Hall–Kier alpha value is -1.82. The van der Waals surface area contributed by atoms with Crippen LogP contribution < -0.4 is 10.5 Å². The Morgan fingerprint density at radius 3 is 2.76 bits per heavy atom. The van der Waals surface area contributed by atoms with Gasteiger partial charge in [-0.05, 0) is 13.0 Å². The van der Waals surface area contributed by atoms with E-state index in [1.54, 1.807) is 0 Å². The topological polar surface area (TPSA) is 81.8 Å². The number of benzene rings is 1. The van der Waals surface area contributed by atoms with E-state index in [9.17, 15) is 9.18 Å². The van der Waals surface area contributed by atoms with Crippen molar-refractivity contribution in [2.45, 2.75) is 6.92 Å². The number of aromatic carboxylic acids is 1. The third kappa shape index (κ3) is 3.60. The van der Waals surface area contributed by atoms with Crippen molar-refractivity contribution >= 4 is 11.7 Å². The highest BCUT2D eigenvalue weighted by Crippen LogP contribution is 2.25. The van der Waals surface area contributed by atoms with Gasteiger partial charge in [0.15, 0.2) is 0 Å². The molecule has 0 saturated carbocycles. The van der Waals surface area contributed by atoms with Crippen LogP contribution in [-0.4, -0.2) is 30.9 Å². The molecule has 0 unspecified atom stereocenters. The van der Waals surface area contributed by atoms with E-state index >= 15 is 0 Å². The molecule has 1 aromatic rings. The molecule has 0 bridgehead atoms. The summed E-state index contributed by atoms with van der Waals surface area (Å²) in [5, 5.41) is 8.67. The van der Waals surface area contributed by atoms with Gasteiger partial charge >= 0.3 is 5.97 Å². The zero-order chi connectivity index (χ0) is 12.8. The molecule has 0 amide bonds. The van der Waals surface area contributed by atoms with Crippen LogP contribution in [0.25, 0.3) is 0 Å². The Morgan fingerprint density at radius 2 is 2.18 bits per heavy atom. The average Bonchev–Trinajstić information content (AvgIpc) is 2.28. The van der Waals surface area contributed by atoms with Gasteiger partial charge in [-0.15, -0.1) is 0 Å². The Bertz CT molecular complexity index is 409. The minimum Gasteiger partial charge on any atom is -0.489 e. The number of rotatable bonds is 6. The molecule has 17 heavy (non-hydrogen) atoms. The third-order valence-electron chi connectivity index (χ3n) is 2.02. The molecule has 1 rings (SSSR count). The first-order valence-electron chi connectivity index (χ1n) is 5.09. The van der Waals surface area contributed by atoms with E-state index in [0.717, 1.165) is 12.1 Å². The number of carboxylic acids is 1. The van der Waals surface area contributed by atoms with Crippen LogP contribution in [-0.2, 0) is 4.74 Å². The van der Waals surface area contributed by atoms with E-state index in [4.69, 9.17) is 20.3 Å². The van der Waals surface area contributed by atoms with Crippen LogP contribution in [0.3, 0.4) is 0 Å². The monoisotopic (exact) mass is 243 g/mol. The maximum absolute atomic E-state index is 13.3. The lowest BCUT2D eigenvalue weighted by atomic mass is 10.2. The number of hydrogen-bond acceptors (Lipinski definition) is 4. The summed E-state index contributed by atoms with van der Waals surface area (Å²) in [6.45, 7) is 2.99. The van der Waals surface area contributed by atoms with Crippen molar-refractivity contribution in [3.8, 4) is 5.75 Å². The molecule has 0 radical (unpaired) electrons. The lowest BCUT2D eigenvalue weighted by molar-refractivity contribution is 0.0691. The van der Waals surface area contributed by atoms with Crippen LogP contribution in [0.2, 0.25) is 0 Å². The minimum atomic E-state index is -1.37. The second-order valence-electron chi connectivity index (χ2n) is 3.22. The zero-order valence-corrected chi connectivity index (χ0v) is 9.40. The van der Waals surface area contributed by atoms with Crippen LogP contribution in [0.4, 0.5) is 10.1 Å². The molecule has 94 valence electrons. The number of anilines is 1. The number of nitrogen functional groups attached to an aromatic ring is 1. The summed E-state index contributed by atoms with van der Waals surface area (Å²) in [7, 11) is 0. The van der Waals surface area contributed by atoms with Crippen LogP contribution >= 0.6 is 0 Å². The molecule has 3 N–H and O–H groups in total. The molecule has 0 atom stereocenters. The number of nitrogens with two attached hydrogens (primary N) is 1. The second-order valence-corrected chi connectivity index (χ2v) is 3.22. The normalized spacial score (nSPS) is 10.2. The predicted octanol–water partition coefficient (Wildman–Crippen LogP) is 1.52. The van der Waals surface area contributed by atoms with Crippen molar-refractivity contribution in [1.82, 2.24) is 0 Å². The van der Waals surface area contributed by atoms with Gasteiger partial charge in [0.25, 0.3) is 0 Å². The molecular formula is C11H14FNO4. The van der Waals surface area contributed by atoms with Crippen molar-refractivity contribution in [1.29, 1.82) is 0 Å². The average molecular weight is 243 g/mol. The molecule has 1 aromatic carbocycles. The molecule has 6 heteroatoms. The zero-order valence-electron chi connectivity index (χ0n) is 9.40. The van der Waals surface area contributed by atoms with E-state index in [1.165, 1.54) is 0 Å². The third-order valence-corrected chi connectivity index (χ3v) is 2.02. The summed E-state index contributed by atoms with van der Waals surface area (Å²) >= 11 is 0. The number of ether oxygens (including phenoxy) is 2. The van der Waals surface area contributed by atoms with E-state index in [0.29, 0.717) is 13.2 Å². The van der Waals surface area contributed by atoms with Crippen molar-refractivity contribution < 1.29 is 23.8 Å². The molecule has 0 fully saturated rings. The van der Waals surface area contributed by atoms with Gasteiger partial charge in [-0.1, -0.05) is 0 Å². The predicted molar refractivity (Wildman–Crippen MR) is 59.8 cm³/mol. The molecule has 5 nitrogen and oxygen atoms in total. The molecule has 0 aromatic heterocycles. The van der Waals surface area contributed by atoms with E-state index in [2.05, 4.69) is 0 Å². The SMILES string of the molecule is CCOCCOc1cc(F)c(C(=O)O)cc1N. The van der Waals surface area contributed by atoms with Crippen molar-refractivity contribution in [3.63, 3.8) is 0 Å². The van der Waals surface area contributed by atoms with Crippen LogP contribution in [0.15, 0.2) is 12.1 Å². The van der Waals surface area contributed by atoms with Crippen LogP contribution in [0.5, 0.6) is 5.75 Å². The van der Waals surface area contributed by atoms with Gasteiger partial charge in [0.2, 0.25) is 0 Å². The van der Waals surface area contributed by atoms with Crippen LogP contribution in [0, 0.1) is 5.82 Å². The van der Waals surface area contributed by atoms with Gasteiger partial charge in [-0.25, -0.2) is 9.18 Å². The number of hydrogen-bond donors (Lipinski definition) is 2. The first-order chi connectivity index (χ1) is 8.06. The summed E-state index contributed by atoms with van der Waals surface area (Å²) in [4.78, 5) is 10.6. The van der Waals surface area contributed by atoms with Gasteiger partial charge in [0.1, 0.15) is 18.2 Å². The van der Waals surface area contributed by atoms with Crippen molar-refractivity contribution in [2.75, 3.05) is 25.6 Å². The molecule has 0 aliphatic carbocycles. The van der Waals surface area contributed by atoms with Crippen molar-refractivity contribution in [2.24, 2.45) is 0 Å². The maximum atomic E-state index is 13.3. The Balaban J connectivity index is 2.74. The number of carbonyl (C=O) groups is 1. The minimum absolute atomic E-state index is 0.0836. The van der Waals surface area contributed by atoms with E-state index < -0.39 is 17.3 Å². The van der Waals surface area contributed by atoms with Crippen molar-refractivity contribution in [3.05, 3.63) is 23.5 Å². The molecule has 0 heterocycles. The Kier molecular flexibility index (Phi) is 4.71. The standard InChI is InChI=1S/C11H14FNO4/c1-2-16-3-4-17-10-6-8(12)7(11(14)15)5-9(10)13/h5-6H,2-4,13H2,1H3,(H,14,15). The fourth-order valence-corrected chi connectivity index (χ4v) is 1.22. The smallest absolute Gasteiger partial charge is 0.338 e. The second kappa shape index (κ2) is 6.05. The Morgan fingerprint density at radius 1 is 1.47 bits per heavy atom. The lowest BCUT2D eigenvalue weighted by Gasteiger charge is -2.10. The van der Waals surface area contributed by atoms with Gasteiger partial charge in [0, 0.05) is 12.7 Å². The number of carboxylic acid groups (broad SMARTS) is 1. The first kappa shape index (κ1) is 13.2. The maximum Gasteiger partial charge on any atom is 0.338 e. The van der Waals surface area contributed by atoms with E-state index in [-0.39, 0.29) is 18.0 Å². The van der Waals surface area contributed by atoms with Gasteiger partial charge in [0.05, 0.1) is 17.9 Å². The van der Waals surface area contributed by atoms with Gasteiger partial charge in [-0.2, -0.15) is 0 Å². The Labute approximate surface area is 97.9 Å². The molecule has 0 saturated heterocycles.